The van der Waals surface area contributed by atoms with E-state index in [4.69, 9.17) is 21.1 Å². The minimum atomic E-state index is -3.68. The number of anilines is 1. The summed E-state index contributed by atoms with van der Waals surface area (Å²) in [5.41, 5.74) is 1.30. The number of carbonyl (C=O) groups excluding carboxylic acids is 1. The van der Waals surface area contributed by atoms with Crippen LogP contribution in [0.15, 0.2) is 47.4 Å². The van der Waals surface area contributed by atoms with Gasteiger partial charge < -0.3 is 14.8 Å². The number of morpholine rings is 1. The first-order valence-corrected chi connectivity index (χ1v) is 10.5. The maximum Gasteiger partial charge on any atom is 0.262 e. The normalized spacial score (nSPS) is 15.2. The molecule has 0 unspecified atom stereocenters. The topological polar surface area (TPSA) is 84.9 Å². The highest BCUT2D eigenvalue weighted by Gasteiger charge is 2.27. The standard InChI is InChI=1S/C19H21ClN2O5S/c1-14-2-4-15(5-3-14)27-13-19(23)21-18-12-16(6-7-17(18)20)28(24,25)22-8-10-26-11-9-22/h2-7,12H,8-11,13H2,1H3,(H,21,23). The number of nitrogens with one attached hydrogen (secondary N) is 1. The molecule has 7 nitrogen and oxygen atoms in total. The number of halogens is 1. The van der Waals surface area contributed by atoms with Gasteiger partial charge in [-0.1, -0.05) is 29.3 Å². The Bertz CT molecular complexity index is 941. The first-order chi connectivity index (χ1) is 13.4. The van der Waals surface area contributed by atoms with Crippen molar-refractivity contribution in [1.29, 1.82) is 0 Å². The van der Waals surface area contributed by atoms with Crippen LogP contribution in [0.5, 0.6) is 5.75 Å². The molecule has 28 heavy (non-hydrogen) atoms. The van der Waals surface area contributed by atoms with Gasteiger partial charge in [-0.3, -0.25) is 4.79 Å². The molecular formula is C19H21ClN2O5S. The van der Waals surface area contributed by atoms with Crippen molar-refractivity contribution >= 4 is 33.2 Å². The molecule has 3 rings (SSSR count). The fourth-order valence-electron chi connectivity index (χ4n) is 2.67. The first kappa shape index (κ1) is 20.6. The molecule has 1 aliphatic rings. The Morgan fingerprint density at radius 3 is 2.54 bits per heavy atom. The van der Waals surface area contributed by atoms with Gasteiger partial charge in [-0.05, 0) is 37.3 Å². The van der Waals surface area contributed by atoms with Crippen molar-refractivity contribution in [3.8, 4) is 5.75 Å². The molecule has 150 valence electrons. The Morgan fingerprint density at radius 2 is 1.86 bits per heavy atom. The van der Waals surface area contributed by atoms with Crippen molar-refractivity contribution < 1.29 is 22.7 Å². The molecule has 0 atom stereocenters. The highest BCUT2D eigenvalue weighted by atomic mass is 35.5. The van der Waals surface area contributed by atoms with Crippen LogP contribution in [-0.2, 0) is 19.6 Å². The Kier molecular flexibility index (Phi) is 6.56. The third kappa shape index (κ3) is 5.02. The third-order valence-corrected chi connectivity index (χ3v) is 6.43. The zero-order chi connectivity index (χ0) is 20.1. The number of nitrogens with zero attached hydrogens (tertiary/aromatic N) is 1. The second kappa shape index (κ2) is 8.91. The summed E-state index contributed by atoms with van der Waals surface area (Å²) in [7, 11) is -3.68. The van der Waals surface area contributed by atoms with Crippen molar-refractivity contribution in [3.63, 3.8) is 0 Å². The summed E-state index contributed by atoms with van der Waals surface area (Å²) in [6.07, 6.45) is 0. The number of rotatable bonds is 6. The van der Waals surface area contributed by atoms with E-state index in [0.29, 0.717) is 19.0 Å². The Labute approximate surface area is 169 Å². The second-order valence-corrected chi connectivity index (χ2v) is 8.65. The van der Waals surface area contributed by atoms with Gasteiger partial charge in [-0.15, -0.1) is 0 Å². The van der Waals surface area contributed by atoms with E-state index >= 15 is 0 Å². The summed E-state index contributed by atoms with van der Waals surface area (Å²) in [6.45, 7) is 3.02. The molecule has 9 heteroatoms. The van der Waals surface area contributed by atoms with E-state index in [-0.39, 0.29) is 35.3 Å². The van der Waals surface area contributed by atoms with Crippen molar-refractivity contribution in [2.45, 2.75) is 11.8 Å². The van der Waals surface area contributed by atoms with Crippen LogP contribution in [0.1, 0.15) is 5.56 Å². The van der Waals surface area contributed by atoms with E-state index in [2.05, 4.69) is 5.32 Å². The van der Waals surface area contributed by atoms with Gasteiger partial charge in [-0.2, -0.15) is 4.31 Å². The highest BCUT2D eigenvalue weighted by molar-refractivity contribution is 7.89. The molecule has 1 aliphatic heterocycles. The van der Waals surface area contributed by atoms with Crippen LogP contribution in [0.4, 0.5) is 5.69 Å². The molecule has 0 radical (unpaired) electrons. The number of amides is 1. The molecule has 0 aliphatic carbocycles. The average Bonchev–Trinajstić information content (AvgIpc) is 2.70. The molecule has 2 aromatic carbocycles. The van der Waals surface area contributed by atoms with Crippen LogP contribution in [0, 0.1) is 6.92 Å². The lowest BCUT2D eigenvalue weighted by Crippen LogP contribution is -2.40. The monoisotopic (exact) mass is 424 g/mol. The summed E-state index contributed by atoms with van der Waals surface area (Å²) < 4.78 is 37.5. The number of carbonyl (C=O) groups is 1. The van der Waals surface area contributed by atoms with E-state index in [9.17, 15) is 13.2 Å². The van der Waals surface area contributed by atoms with Crippen LogP contribution < -0.4 is 10.1 Å². The largest absolute Gasteiger partial charge is 0.484 e. The fraction of sp³-hybridized carbons (Fsp3) is 0.316. The second-order valence-electron chi connectivity index (χ2n) is 6.31. The summed E-state index contributed by atoms with van der Waals surface area (Å²) in [5.74, 6) is 0.124. The molecule has 0 saturated carbocycles. The smallest absolute Gasteiger partial charge is 0.262 e. The summed E-state index contributed by atoms with van der Waals surface area (Å²) >= 11 is 6.13. The maximum absolute atomic E-state index is 12.8. The summed E-state index contributed by atoms with van der Waals surface area (Å²) in [4.78, 5) is 12.3. The zero-order valence-corrected chi connectivity index (χ0v) is 16.9. The summed E-state index contributed by atoms with van der Waals surface area (Å²) in [5, 5.41) is 2.84. The van der Waals surface area contributed by atoms with Crippen LogP contribution in [0.25, 0.3) is 0 Å². The average molecular weight is 425 g/mol. The molecule has 1 saturated heterocycles. The predicted molar refractivity (Wildman–Crippen MR) is 106 cm³/mol. The molecule has 1 N–H and O–H groups in total. The minimum absolute atomic E-state index is 0.0635. The maximum atomic E-state index is 12.8. The van der Waals surface area contributed by atoms with Gasteiger partial charge in [-0.25, -0.2) is 8.42 Å². The SMILES string of the molecule is Cc1ccc(OCC(=O)Nc2cc(S(=O)(=O)N3CCOCC3)ccc2Cl)cc1. The quantitative estimate of drug-likeness (QED) is 0.770. The van der Waals surface area contributed by atoms with Crippen LogP contribution in [0.2, 0.25) is 5.02 Å². The lowest BCUT2D eigenvalue weighted by Gasteiger charge is -2.26. The molecule has 0 spiro atoms. The fourth-order valence-corrected chi connectivity index (χ4v) is 4.27. The molecule has 0 bridgehead atoms. The van der Waals surface area contributed by atoms with E-state index in [1.54, 1.807) is 12.1 Å². The van der Waals surface area contributed by atoms with Crippen molar-refractivity contribution in [2.75, 3.05) is 38.2 Å². The molecule has 1 amide bonds. The number of ether oxygens (including phenoxy) is 2. The molecule has 1 heterocycles. The number of aryl methyl sites for hydroxylation is 1. The predicted octanol–water partition coefficient (Wildman–Crippen LogP) is 2.69. The van der Waals surface area contributed by atoms with Gasteiger partial charge in [0, 0.05) is 13.1 Å². The van der Waals surface area contributed by atoms with E-state index in [0.717, 1.165) is 5.56 Å². The highest BCUT2D eigenvalue weighted by Crippen LogP contribution is 2.27. The minimum Gasteiger partial charge on any atom is -0.484 e. The van der Waals surface area contributed by atoms with Crippen LogP contribution in [0.3, 0.4) is 0 Å². The van der Waals surface area contributed by atoms with Gasteiger partial charge in [0.15, 0.2) is 6.61 Å². The number of hydrogen-bond acceptors (Lipinski definition) is 5. The van der Waals surface area contributed by atoms with Gasteiger partial charge >= 0.3 is 0 Å². The third-order valence-electron chi connectivity index (χ3n) is 4.21. The van der Waals surface area contributed by atoms with E-state index < -0.39 is 15.9 Å². The van der Waals surface area contributed by atoms with Crippen molar-refractivity contribution in [1.82, 2.24) is 4.31 Å². The molecule has 2 aromatic rings. The van der Waals surface area contributed by atoms with Gasteiger partial charge in [0.05, 0.1) is 28.8 Å². The number of sulfonamides is 1. The van der Waals surface area contributed by atoms with Crippen LogP contribution in [-0.4, -0.2) is 51.5 Å². The number of benzene rings is 2. The van der Waals surface area contributed by atoms with Gasteiger partial charge in [0.25, 0.3) is 5.91 Å². The molecule has 1 fully saturated rings. The lowest BCUT2D eigenvalue weighted by atomic mass is 10.2. The zero-order valence-electron chi connectivity index (χ0n) is 15.4. The summed E-state index contributed by atoms with van der Waals surface area (Å²) in [6, 6.07) is 11.5. The van der Waals surface area contributed by atoms with Gasteiger partial charge in [0.1, 0.15) is 5.75 Å². The van der Waals surface area contributed by atoms with E-state index in [1.807, 2.05) is 19.1 Å². The van der Waals surface area contributed by atoms with E-state index in [1.165, 1.54) is 22.5 Å². The van der Waals surface area contributed by atoms with Crippen LogP contribution >= 0.6 is 11.6 Å². The Hall–Kier alpha value is -2.13. The van der Waals surface area contributed by atoms with Crippen molar-refractivity contribution in [2.24, 2.45) is 0 Å². The lowest BCUT2D eigenvalue weighted by molar-refractivity contribution is -0.118. The molecular weight excluding hydrogens is 404 g/mol. The first-order valence-electron chi connectivity index (χ1n) is 8.73. The van der Waals surface area contributed by atoms with Gasteiger partial charge in [0.2, 0.25) is 10.0 Å². The Morgan fingerprint density at radius 1 is 1.18 bits per heavy atom. The number of hydrogen-bond donors (Lipinski definition) is 1. The van der Waals surface area contributed by atoms with Crippen molar-refractivity contribution in [3.05, 3.63) is 53.1 Å². The Balaban J connectivity index is 1.68. The molecule has 0 aromatic heterocycles.